The molecule has 1 aliphatic heterocycles. The second-order valence-electron chi connectivity index (χ2n) is 5.25. The smallest absolute Gasteiger partial charge is 0.305 e. The number of methoxy groups -OCH3 is 1. The van der Waals surface area contributed by atoms with Gasteiger partial charge in [0.1, 0.15) is 0 Å². The molecule has 4 nitrogen and oxygen atoms in total. The highest BCUT2D eigenvalue weighted by Gasteiger charge is 2.21. The van der Waals surface area contributed by atoms with Gasteiger partial charge >= 0.3 is 5.97 Å². The molecule has 0 N–H and O–H groups in total. The van der Waals surface area contributed by atoms with Gasteiger partial charge in [-0.3, -0.25) is 4.79 Å². The lowest BCUT2D eigenvalue weighted by Crippen LogP contribution is -2.30. The Hall–Kier alpha value is -1.39. The molecule has 20 heavy (non-hydrogen) atoms. The molecule has 0 amide bonds. The average molecular weight is 277 g/mol. The van der Waals surface area contributed by atoms with Crippen molar-refractivity contribution in [3.8, 4) is 0 Å². The van der Waals surface area contributed by atoms with Crippen LogP contribution in [0.15, 0.2) is 24.3 Å². The van der Waals surface area contributed by atoms with Crippen LogP contribution in [0.4, 0.5) is 0 Å². The number of nitrogens with zero attached hydrogens (tertiary/aromatic N) is 1. The Bertz CT molecular complexity index is 447. The molecule has 0 unspecified atom stereocenters. The van der Waals surface area contributed by atoms with E-state index in [1.165, 1.54) is 18.2 Å². The summed E-state index contributed by atoms with van der Waals surface area (Å²) in [7, 11) is 3.50. The molecule has 0 radical (unpaired) electrons. The topological polar surface area (TPSA) is 38.8 Å². The number of likely N-dealkylation sites (N-methyl/N-ethyl adjacent to an activating group) is 1. The standard InChI is InChI=1S/C16H23NO3/c1-17(10-5-8-16(18)19-2)12-15-14-7-4-3-6-13(14)9-11-20-15/h3-4,6-7,15H,5,8-12H2,1-2H3/t15-/m1/s1. The number of carbonyl (C=O) groups excluding carboxylic acids is 1. The number of rotatable bonds is 6. The van der Waals surface area contributed by atoms with E-state index >= 15 is 0 Å². The van der Waals surface area contributed by atoms with Crippen molar-refractivity contribution in [1.29, 1.82) is 0 Å². The molecule has 1 aliphatic rings. The molecular formula is C16H23NO3. The van der Waals surface area contributed by atoms with E-state index in [0.717, 1.165) is 32.5 Å². The summed E-state index contributed by atoms with van der Waals surface area (Å²) < 4.78 is 10.5. The van der Waals surface area contributed by atoms with Crippen molar-refractivity contribution in [2.45, 2.75) is 25.4 Å². The van der Waals surface area contributed by atoms with E-state index in [1.807, 2.05) is 0 Å². The van der Waals surface area contributed by atoms with Crippen LogP contribution in [-0.4, -0.2) is 44.7 Å². The summed E-state index contributed by atoms with van der Waals surface area (Å²) in [4.78, 5) is 13.3. The van der Waals surface area contributed by atoms with E-state index in [2.05, 4.69) is 40.9 Å². The highest BCUT2D eigenvalue weighted by Crippen LogP contribution is 2.27. The molecule has 1 atom stereocenters. The number of carbonyl (C=O) groups is 1. The van der Waals surface area contributed by atoms with Gasteiger partial charge in [0.25, 0.3) is 0 Å². The first-order valence-corrected chi connectivity index (χ1v) is 7.15. The van der Waals surface area contributed by atoms with Crippen LogP contribution in [0, 0.1) is 0 Å². The molecule has 0 aliphatic carbocycles. The van der Waals surface area contributed by atoms with E-state index in [9.17, 15) is 4.79 Å². The largest absolute Gasteiger partial charge is 0.469 e. The molecule has 110 valence electrons. The fourth-order valence-electron chi connectivity index (χ4n) is 2.60. The van der Waals surface area contributed by atoms with Gasteiger partial charge in [-0.1, -0.05) is 24.3 Å². The summed E-state index contributed by atoms with van der Waals surface area (Å²) in [6, 6.07) is 8.49. The first-order chi connectivity index (χ1) is 9.70. The summed E-state index contributed by atoms with van der Waals surface area (Å²) in [5.41, 5.74) is 2.70. The first-order valence-electron chi connectivity index (χ1n) is 7.15. The van der Waals surface area contributed by atoms with E-state index in [-0.39, 0.29) is 12.1 Å². The third-order valence-corrected chi connectivity index (χ3v) is 3.72. The molecule has 0 spiro atoms. The fraction of sp³-hybridized carbons (Fsp3) is 0.562. The monoisotopic (exact) mass is 277 g/mol. The quantitative estimate of drug-likeness (QED) is 0.747. The van der Waals surface area contributed by atoms with Crippen molar-refractivity contribution >= 4 is 5.97 Å². The normalized spacial score (nSPS) is 17.9. The van der Waals surface area contributed by atoms with Crippen LogP contribution < -0.4 is 0 Å². The summed E-state index contributed by atoms with van der Waals surface area (Å²) in [5.74, 6) is -0.141. The van der Waals surface area contributed by atoms with Crippen molar-refractivity contribution in [3.63, 3.8) is 0 Å². The molecule has 0 fully saturated rings. The number of esters is 1. The van der Waals surface area contributed by atoms with Crippen LogP contribution in [0.1, 0.15) is 30.1 Å². The minimum Gasteiger partial charge on any atom is -0.469 e. The summed E-state index contributed by atoms with van der Waals surface area (Å²) in [5, 5.41) is 0. The molecule has 4 heteroatoms. The second kappa shape index (κ2) is 7.41. The van der Waals surface area contributed by atoms with Crippen molar-refractivity contribution in [3.05, 3.63) is 35.4 Å². The van der Waals surface area contributed by atoms with Crippen LogP contribution in [-0.2, 0) is 20.7 Å². The Morgan fingerprint density at radius 2 is 2.25 bits per heavy atom. The van der Waals surface area contributed by atoms with Crippen molar-refractivity contribution in [1.82, 2.24) is 4.90 Å². The maximum absolute atomic E-state index is 11.1. The molecule has 1 heterocycles. The number of hydrogen-bond donors (Lipinski definition) is 0. The third kappa shape index (κ3) is 4.05. The Labute approximate surface area is 120 Å². The predicted octanol–water partition coefficient (Wildman–Crippen LogP) is 2.19. The Morgan fingerprint density at radius 3 is 3.05 bits per heavy atom. The average Bonchev–Trinajstić information content (AvgIpc) is 2.47. The highest BCUT2D eigenvalue weighted by atomic mass is 16.5. The molecule has 0 bridgehead atoms. The molecular weight excluding hydrogens is 254 g/mol. The Morgan fingerprint density at radius 1 is 1.45 bits per heavy atom. The summed E-state index contributed by atoms with van der Waals surface area (Å²) in [6.07, 6.45) is 2.43. The van der Waals surface area contributed by atoms with Crippen molar-refractivity contribution in [2.24, 2.45) is 0 Å². The van der Waals surface area contributed by atoms with Crippen molar-refractivity contribution in [2.75, 3.05) is 33.9 Å². The summed E-state index contributed by atoms with van der Waals surface area (Å²) >= 11 is 0. The SMILES string of the molecule is COC(=O)CCCN(C)C[C@H]1OCCc2ccccc21. The fourth-order valence-corrected chi connectivity index (χ4v) is 2.60. The lowest BCUT2D eigenvalue weighted by atomic mass is 9.97. The minimum atomic E-state index is -0.141. The van der Waals surface area contributed by atoms with Gasteiger partial charge in [0.2, 0.25) is 0 Å². The van der Waals surface area contributed by atoms with Gasteiger partial charge < -0.3 is 14.4 Å². The molecule has 0 aromatic heterocycles. The molecule has 2 rings (SSSR count). The van der Waals surface area contributed by atoms with E-state index in [0.29, 0.717) is 6.42 Å². The second-order valence-corrected chi connectivity index (χ2v) is 5.25. The summed E-state index contributed by atoms with van der Waals surface area (Å²) in [6.45, 7) is 2.52. The van der Waals surface area contributed by atoms with Gasteiger partial charge in [-0.15, -0.1) is 0 Å². The predicted molar refractivity (Wildman–Crippen MR) is 77.6 cm³/mol. The number of fused-ring (bicyclic) bond motifs is 1. The van der Waals surface area contributed by atoms with Crippen LogP contribution in [0.5, 0.6) is 0 Å². The van der Waals surface area contributed by atoms with Gasteiger partial charge in [0.15, 0.2) is 0 Å². The van der Waals surface area contributed by atoms with E-state index in [1.54, 1.807) is 0 Å². The van der Waals surface area contributed by atoms with Gasteiger partial charge in [0.05, 0.1) is 19.8 Å². The van der Waals surface area contributed by atoms with Crippen LogP contribution in [0.2, 0.25) is 0 Å². The van der Waals surface area contributed by atoms with Crippen molar-refractivity contribution < 1.29 is 14.3 Å². The zero-order chi connectivity index (χ0) is 14.4. The van der Waals surface area contributed by atoms with E-state index < -0.39 is 0 Å². The zero-order valence-corrected chi connectivity index (χ0v) is 12.3. The molecule has 0 saturated carbocycles. The molecule has 1 aromatic rings. The third-order valence-electron chi connectivity index (χ3n) is 3.72. The van der Waals surface area contributed by atoms with Crippen LogP contribution in [0.3, 0.4) is 0 Å². The van der Waals surface area contributed by atoms with Crippen LogP contribution >= 0.6 is 0 Å². The van der Waals surface area contributed by atoms with Crippen LogP contribution in [0.25, 0.3) is 0 Å². The number of hydrogen-bond acceptors (Lipinski definition) is 4. The van der Waals surface area contributed by atoms with Gasteiger partial charge in [0, 0.05) is 13.0 Å². The van der Waals surface area contributed by atoms with Gasteiger partial charge in [-0.05, 0) is 37.6 Å². The number of benzene rings is 1. The van der Waals surface area contributed by atoms with Gasteiger partial charge in [-0.25, -0.2) is 0 Å². The molecule has 0 saturated heterocycles. The lowest BCUT2D eigenvalue weighted by molar-refractivity contribution is -0.140. The zero-order valence-electron chi connectivity index (χ0n) is 12.3. The minimum absolute atomic E-state index is 0.141. The molecule has 1 aromatic carbocycles. The maximum Gasteiger partial charge on any atom is 0.305 e. The van der Waals surface area contributed by atoms with Gasteiger partial charge in [-0.2, -0.15) is 0 Å². The highest BCUT2D eigenvalue weighted by molar-refractivity contribution is 5.69. The Balaban J connectivity index is 1.83. The number of ether oxygens (including phenoxy) is 2. The maximum atomic E-state index is 11.1. The van der Waals surface area contributed by atoms with E-state index in [4.69, 9.17) is 4.74 Å². The lowest BCUT2D eigenvalue weighted by Gasteiger charge is -2.29. The Kier molecular flexibility index (Phi) is 5.56. The first kappa shape index (κ1) is 15.0.